The van der Waals surface area contributed by atoms with E-state index in [-0.39, 0.29) is 17.7 Å². The molecule has 0 saturated heterocycles. The van der Waals surface area contributed by atoms with E-state index in [9.17, 15) is 4.39 Å². The van der Waals surface area contributed by atoms with Crippen LogP contribution >= 0.6 is 11.6 Å². The number of hydrogen-bond acceptors (Lipinski definition) is 3. The van der Waals surface area contributed by atoms with Crippen molar-refractivity contribution in [1.29, 1.82) is 0 Å². The summed E-state index contributed by atoms with van der Waals surface area (Å²) in [6.45, 7) is 2.70. The molecule has 0 N–H and O–H groups in total. The molecule has 2 rings (SSSR count). The molecule has 110 valence electrons. The zero-order chi connectivity index (χ0) is 14.7. The molecule has 0 bridgehead atoms. The monoisotopic (exact) mass is 300 g/mol. The van der Waals surface area contributed by atoms with Crippen molar-refractivity contribution in [1.82, 2.24) is 9.55 Å². The van der Waals surface area contributed by atoms with E-state index in [1.807, 2.05) is 4.57 Å². The van der Waals surface area contributed by atoms with Crippen LogP contribution < -0.4 is 4.74 Å². The Morgan fingerprint density at radius 1 is 1.40 bits per heavy atom. The number of rotatable bonds is 6. The van der Waals surface area contributed by atoms with Gasteiger partial charge < -0.3 is 14.0 Å². The third-order valence-electron chi connectivity index (χ3n) is 3.34. The molecule has 1 aromatic heterocycles. The van der Waals surface area contributed by atoms with E-state index in [2.05, 4.69) is 11.9 Å². The van der Waals surface area contributed by atoms with Crippen molar-refractivity contribution in [3.8, 4) is 5.75 Å². The fourth-order valence-corrected chi connectivity index (χ4v) is 2.50. The maximum Gasteiger partial charge on any atom is 0.167 e. The highest BCUT2D eigenvalue weighted by molar-refractivity contribution is 6.16. The van der Waals surface area contributed by atoms with Gasteiger partial charge in [-0.3, -0.25) is 0 Å². The number of hydrogen-bond donors (Lipinski definition) is 0. The normalized spacial score (nSPS) is 12.8. The average molecular weight is 301 g/mol. The summed E-state index contributed by atoms with van der Waals surface area (Å²) in [4.78, 5) is 4.39. The predicted octanol–water partition coefficient (Wildman–Crippen LogP) is 3.52. The van der Waals surface area contributed by atoms with Crippen LogP contribution in [0.5, 0.6) is 5.75 Å². The summed E-state index contributed by atoms with van der Waals surface area (Å²) in [5.74, 6) is 0.780. The highest BCUT2D eigenvalue weighted by Crippen LogP contribution is 2.29. The van der Waals surface area contributed by atoms with Crippen molar-refractivity contribution in [3.63, 3.8) is 0 Å². The number of nitrogens with zero attached hydrogens (tertiary/aromatic N) is 2. The van der Waals surface area contributed by atoms with Crippen molar-refractivity contribution < 1.29 is 13.9 Å². The second kappa shape index (κ2) is 6.41. The molecular formula is C14H18ClFN2O2. The summed E-state index contributed by atoms with van der Waals surface area (Å²) in [5, 5.41) is 0. The van der Waals surface area contributed by atoms with E-state index in [1.165, 1.54) is 13.2 Å². The van der Waals surface area contributed by atoms with Gasteiger partial charge in [0.25, 0.3) is 0 Å². The van der Waals surface area contributed by atoms with Crippen LogP contribution in [-0.2, 0) is 10.6 Å². The minimum Gasteiger partial charge on any atom is -0.494 e. The molecule has 1 atom stereocenters. The summed E-state index contributed by atoms with van der Waals surface area (Å²) in [5.41, 5.74) is 1.41. The molecule has 1 unspecified atom stereocenters. The Morgan fingerprint density at radius 3 is 2.75 bits per heavy atom. The van der Waals surface area contributed by atoms with Gasteiger partial charge in [0.05, 0.1) is 24.0 Å². The largest absolute Gasteiger partial charge is 0.494 e. The zero-order valence-corrected chi connectivity index (χ0v) is 12.6. The van der Waals surface area contributed by atoms with E-state index in [0.29, 0.717) is 12.1 Å². The van der Waals surface area contributed by atoms with E-state index < -0.39 is 5.82 Å². The van der Waals surface area contributed by atoms with Crippen LogP contribution in [0.2, 0.25) is 0 Å². The summed E-state index contributed by atoms with van der Waals surface area (Å²) in [6.07, 6.45) is 0.825. The van der Waals surface area contributed by atoms with Gasteiger partial charge in [0.1, 0.15) is 5.82 Å². The molecule has 2 aromatic rings. The van der Waals surface area contributed by atoms with Crippen molar-refractivity contribution in [3.05, 3.63) is 23.8 Å². The lowest BCUT2D eigenvalue weighted by Crippen LogP contribution is -2.10. The highest BCUT2D eigenvalue weighted by atomic mass is 35.5. The molecule has 1 heterocycles. The van der Waals surface area contributed by atoms with Crippen LogP contribution in [0.1, 0.15) is 25.2 Å². The van der Waals surface area contributed by atoms with Crippen LogP contribution in [0, 0.1) is 5.82 Å². The van der Waals surface area contributed by atoms with Crippen LogP contribution in [0.3, 0.4) is 0 Å². The first-order valence-corrected chi connectivity index (χ1v) is 6.95. The fourth-order valence-electron chi connectivity index (χ4n) is 2.31. The van der Waals surface area contributed by atoms with Crippen molar-refractivity contribution in [2.24, 2.45) is 0 Å². The molecular weight excluding hydrogens is 283 g/mol. The van der Waals surface area contributed by atoms with Gasteiger partial charge >= 0.3 is 0 Å². The Morgan fingerprint density at radius 2 is 2.15 bits per heavy atom. The number of halogens is 2. The zero-order valence-electron chi connectivity index (χ0n) is 11.8. The second-order valence-corrected chi connectivity index (χ2v) is 4.90. The second-order valence-electron chi connectivity index (χ2n) is 4.64. The van der Waals surface area contributed by atoms with Crippen molar-refractivity contribution in [2.75, 3.05) is 20.8 Å². The molecule has 0 saturated carbocycles. The lowest BCUT2D eigenvalue weighted by atomic mass is 10.2. The first kappa shape index (κ1) is 15.1. The third kappa shape index (κ3) is 2.74. The highest BCUT2D eigenvalue weighted by Gasteiger charge is 2.17. The first-order chi connectivity index (χ1) is 9.62. The van der Waals surface area contributed by atoms with E-state index in [4.69, 9.17) is 21.1 Å². The number of alkyl halides is 1. The standard InChI is InChI=1S/C14H18ClFN2O2/c1-9(4-5-19-2)18-12-7-13(20-3)10(16)6-11(12)17-14(18)8-15/h6-7,9H,4-5,8H2,1-3H3. The maximum atomic E-state index is 13.7. The first-order valence-electron chi connectivity index (χ1n) is 6.41. The van der Waals surface area contributed by atoms with Gasteiger partial charge in [0, 0.05) is 31.9 Å². The average Bonchev–Trinajstić information content (AvgIpc) is 2.81. The summed E-state index contributed by atoms with van der Waals surface area (Å²) in [7, 11) is 3.11. The molecule has 20 heavy (non-hydrogen) atoms. The molecule has 0 amide bonds. The fraction of sp³-hybridized carbons (Fsp3) is 0.500. The molecule has 6 heteroatoms. The van der Waals surface area contributed by atoms with Crippen molar-refractivity contribution >= 4 is 22.6 Å². The molecule has 0 spiro atoms. The number of benzene rings is 1. The quantitative estimate of drug-likeness (QED) is 0.766. The number of methoxy groups -OCH3 is 2. The molecule has 0 radical (unpaired) electrons. The number of aromatic nitrogens is 2. The molecule has 1 aromatic carbocycles. The summed E-state index contributed by atoms with van der Waals surface area (Å²) >= 11 is 5.96. The van der Waals surface area contributed by atoms with Gasteiger partial charge in [-0.1, -0.05) is 0 Å². The summed E-state index contributed by atoms with van der Waals surface area (Å²) < 4.78 is 25.9. The third-order valence-corrected chi connectivity index (χ3v) is 3.58. The Kier molecular flexibility index (Phi) is 4.83. The number of fused-ring (bicyclic) bond motifs is 1. The van der Waals surface area contributed by atoms with Gasteiger partial charge in [0.2, 0.25) is 0 Å². The summed E-state index contributed by atoms with van der Waals surface area (Å²) in [6, 6.07) is 3.20. The maximum absolute atomic E-state index is 13.7. The van der Waals surface area contributed by atoms with E-state index in [1.54, 1.807) is 13.2 Å². The minimum atomic E-state index is -0.421. The van der Waals surface area contributed by atoms with Crippen LogP contribution in [0.4, 0.5) is 4.39 Å². The molecule has 0 fully saturated rings. The molecule has 0 aliphatic heterocycles. The molecule has 0 aliphatic carbocycles. The minimum absolute atomic E-state index is 0.156. The number of imidazole rings is 1. The Hall–Kier alpha value is -1.33. The van der Waals surface area contributed by atoms with Crippen molar-refractivity contribution in [2.45, 2.75) is 25.3 Å². The topological polar surface area (TPSA) is 36.3 Å². The van der Waals surface area contributed by atoms with E-state index in [0.717, 1.165) is 17.8 Å². The van der Waals surface area contributed by atoms with Gasteiger partial charge in [0.15, 0.2) is 11.6 Å². The van der Waals surface area contributed by atoms with Gasteiger partial charge in [-0.2, -0.15) is 0 Å². The van der Waals surface area contributed by atoms with Gasteiger partial charge in [-0.15, -0.1) is 11.6 Å². The Bertz CT molecular complexity index is 600. The molecule has 4 nitrogen and oxygen atoms in total. The van der Waals surface area contributed by atoms with E-state index >= 15 is 0 Å². The Balaban J connectivity index is 2.54. The van der Waals surface area contributed by atoms with Crippen LogP contribution in [0.15, 0.2) is 12.1 Å². The van der Waals surface area contributed by atoms with Crippen LogP contribution in [0.25, 0.3) is 11.0 Å². The number of ether oxygens (including phenoxy) is 2. The smallest absolute Gasteiger partial charge is 0.167 e. The lowest BCUT2D eigenvalue weighted by Gasteiger charge is -2.16. The molecule has 0 aliphatic rings. The predicted molar refractivity (Wildman–Crippen MR) is 77.0 cm³/mol. The SMILES string of the molecule is COCCC(C)n1c(CCl)nc2cc(F)c(OC)cc21. The van der Waals surface area contributed by atoms with Gasteiger partial charge in [-0.05, 0) is 13.3 Å². The Labute approximate surface area is 122 Å². The van der Waals surface area contributed by atoms with Crippen LogP contribution in [-0.4, -0.2) is 30.4 Å². The van der Waals surface area contributed by atoms with Gasteiger partial charge in [-0.25, -0.2) is 9.37 Å². The lowest BCUT2D eigenvalue weighted by molar-refractivity contribution is 0.181.